The van der Waals surface area contributed by atoms with Gasteiger partial charge in [-0.3, -0.25) is 4.79 Å². The van der Waals surface area contributed by atoms with Crippen molar-refractivity contribution < 1.29 is 19.4 Å². The van der Waals surface area contributed by atoms with E-state index in [-0.39, 0.29) is 11.6 Å². The maximum Gasteiger partial charge on any atom is 0.352 e. The SMILES string of the molecule is O=C(CCC1CCCC1)NC(=Cc1ccc(Oc2ccccc2Cl)cc1)C(=O)O. The maximum atomic E-state index is 12.1. The van der Waals surface area contributed by atoms with Crippen molar-refractivity contribution in [1.29, 1.82) is 0 Å². The minimum absolute atomic E-state index is 0.138. The van der Waals surface area contributed by atoms with E-state index in [2.05, 4.69) is 5.32 Å². The molecule has 2 N–H and O–H groups in total. The Hall–Kier alpha value is -2.79. The third-order valence-corrected chi connectivity index (χ3v) is 5.33. The van der Waals surface area contributed by atoms with E-state index in [0.29, 0.717) is 34.4 Å². The van der Waals surface area contributed by atoms with Gasteiger partial charge in [0, 0.05) is 6.42 Å². The number of carbonyl (C=O) groups is 2. The molecular formula is C23H24ClNO4. The molecule has 0 heterocycles. The van der Waals surface area contributed by atoms with Gasteiger partial charge in [-0.15, -0.1) is 0 Å². The van der Waals surface area contributed by atoms with Crippen LogP contribution < -0.4 is 10.1 Å². The number of rotatable bonds is 8. The van der Waals surface area contributed by atoms with Crippen LogP contribution in [-0.2, 0) is 9.59 Å². The quantitative estimate of drug-likeness (QED) is 0.549. The number of nitrogens with one attached hydrogen (secondary N) is 1. The molecule has 0 atom stereocenters. The van der Waals surface area contributed by atoms with Gasteiger partial charge < -0.3 is 15.2 Å². The molecule has 1 fully saturated rings. The molecule has 0 saturated heterocycles. The van der Waals surface area contributed by atoms with Crippen molar-refractivity contribution in [1.82, 2.24) is 5.32 Å². The van der Waals surface area contributed by atoms with Crippen LogP contribution in [0.25, 0.3) is 6.08 Å². The summed E-state index contributed by atoms with van der Waals surface area (Å²) in [5.41, 5.74) is 0.506. The van der Waals surface area contributed by atoms with Crippen LogP contribution in [0, 0.1) is 5.92 Å². The predicted molar refractivity (Wildman–Crippen MR) is 113 cm³/mol. The van der Waals surface area contributed by atoms with Gasteiger partial charge in [-0.2, -0.15) is 0 Å². The van der Waals surface area contributed by atoms with Crippen molar-refractivity contribution in [3.63, 3.8) is 0 Å². The number of hydrogen-bond acceptors (Lipinski definition) is 3. The Balaban J connectivity index is 1.61. The van der Waals surface area contributed by atoms with E-state index in [4.69, 9.17) is 16.3 Å². The molecule has 29 heavy (non-hydrogen) atoms. The van der Waals surface area contributed by atoms with Crippen molar-refractivity contribution in [2.75, 3.05) is 0 Å². The van der Waals surface area contributed by atoms with Crippen LogP contribution in [-0.4, -0.2) is 17.0 Å². The van der Waals surface area contributed by atoms with Crippen LogP contribution in [0.15, 0.2) is 54.2 Å². The Bertz CT molecular complexity index is 886. The molecule has 3 rings (SSSR count). The zero-order chi connectivity index (χ0) is 20.6. The summed E-state index contributed by atoms with van der Waals surface area (Å²) in [5.74, 6) is 0.273. The van der Waals surface area contributed by atoms with Crippen LogP contribution in [0.4, 0.5) is 0 Å². The van der Waals surface area contributed by atoms with E-state index >= 15 is 0 Å². The molecule has 1 aliphatic carbocycles. The van der Waals surface area contributed by atoms with E-state index in [1.54, 1.807) is 36.4 Å². The van der Waals surface area contributed by atoms with Crippen molar-refractivity contribution in [3.05, 3.63) is 64.8 Å². The Labute approximate surface area is 175 Å². The lowest BCUT2D eigenvalue weighted by Crippen LogP contribution is -2.27. The smallest absolute Gasteiger partial charge is 0.352 e. The average Bonchev–Trinajstić information content (AvgIpc) is 3.23. The molecule has 1 amide bonds. The second-order valence-electron chi connectivity index (χ2n) is 7.20. The first kappa shape index (κ1) is 20.9. The highest BCUT2D eigenvalue weighted by Gasteiger charge is 2.17. The Kier molecular flexibility index (Phi) is 7.30. The summed E-state index contributed by atoms with van der Waals surface area (Å²) in [7, 11) is 0. The van der Waals surface area contributed by atoms with Gasteiger partial charge in [-0.05, 0) is 48.2 Å². The van der Waals surface area contributed by atoms with Crippen LogP contribution in [0.1, 0.15) is 44.1 Å². The fourth-order valence-corrected chi connectivity index (χ4v) is 3.63. The predicted octanol–water partition coefficient (Wildman–Crippen LogP) is 5.64. The number of carboxylic acid groups (broad SMARTS) is 1. The number of benzene rings is 2. The molecular weight excluding hydrogens is 390 g/mol. The molecule has 2 aromatic carbocycles. The molecule has 0 unspecified atom stereocenters. The second kappa shape index (κ2) is 10.1. The average molecular weight is 414 g/mol. The summed E-state index contributed by atoms with van der Waals surface area (Å²) in [6.07, 6.45) is 7.38. The summed E-state index contributed by atoms with van der Waals surface area (Å²) in [6, 6.07) is 14.0. The highest BCUT2D eigenvalue weighted by Crippen LogP contribution is 2.29. The lowest BCUT2D eigenvalue weighted by molar-refractivity contribution is -0.134. The van der Waals surface area contributed by atoms with Gasteiger partial charge in [-0.25, -0.2) is 4.79 Å². The Morgan fingerprint density at radius 3 is 2.45 bits per heavy atom. The molecule has 0 bridgehead atoms. The van der Waals surface area contributed by atoms with E-state index in [1.807, 2.05) is 12.1 Å². The molecule has 0 aromatic heterocycles. The normalized spacial score (nSPS) is 14.6. The third-order valence-electron chi connectivity index (χ3n) is 5.01. The molecule has 1 saturated carbocycles. The van der Waals surface area contributed by atoms with E-state index in [9.17, 15) is 14.7 Å². The minimum Gasteiger partial charge on any atom is -0.477 e. The van der Waals surface area contributed by atoms with Crippen LogP contribution in [0.5, 0.6) is 11.5 Å². The first-order chi connectivity index (χ1) is 14.0. The largest absolute Gasteiger partial charge is 0.477 e. The fraction of sp³-hybridized carbons (Fsp3) is 0.304. The number of carboxylic acids is 1. The zero-order valence-electron chi connectivity index (χ0n) is 16.1. The molecule has 0 spiro atoms. The summed E-state index contributed by atoms with van der Waals surface area (Å²) in [6.45, 7) is 0. The van der Waals surface area contributed by atoms with Gasteiger partial charge in [0.05, 0.1) is 5.02 Å². The van der Waals surface area contributed by atoms with Gasteiger partial charge >= 0.3 is 5.97 Å². The molecule has 1 aliphatic rings. The van der Waals surface area contributed by atoms with Gasteiger partial charge in [-0.1, -0.05) is 61.5 Å². The van der Waals surface area contributed by atoms with Crippen molar-refractivity contribution in [2.45, 2.75) is 38.5 Å². The summed E-state index contributed by atoms with van der Waals surface area (Å²) < 4.78 is 5.72. The van der Waals surface area contributed by atoms with E-state index < -0.39 is 5.97 Å². The van der Waals surface area contributed by atoms with Crippen molar-refractivity contribution in [3.8, 4) is 11.5 Å². The molecule has 2 aromatic rings. The van der Waals surface area contributed by atoms with Crippen molar-refractivity contribution in [2.24, 2.45) is 5.92 Å². The molecule has 0 radical (unpaired) electrons. The first-order valence-corrected chi connectivity index (χ1v) is 10.2. The standard InChI is InChI=1S/C23H24ClNO4/c24-19-7-3-4-8-21(19)29-18-12-9-17(10-13-18)15-20(23(27)28)25-22(26)14-11-16-5-1-2-6-16/h3-4,7-10,12-13,15-16H,1-2,5-6,11,14H2,(H,25,26)(H,27,28). The topological polar surface area (TPSA) is 75.6 Å². The lowest BCUT2D eigenvalue weighted by atomic mass is 10.0. The monoisotopic (exact) mass is 413 g/mol. The second-order valence-corrected chi connectivity index (χ2v) is 7.61. The van der Waals surface area contributed by atoms with Crippen LogP contribution >= 0.6 is 11.6 Å². The third kappa shape index (κ3) is 6.36. The van der Waals surface area contributed by atoms with Crippen LogP contribution in [0.2, 0.25) is 5.02 Å². The molecule has 5 nitrogen and oxygen atoms in total. The molecule has 152 valence electrons. The molecule has 6 heteroatoms. The minimum atomic E-state index is -1.17. The number of ether oxygens (including phenoxy) is 1. The van der Waals surface area contributed by atoms with Crippen LogP contribution in [0.3, 0.4) is 0 Å². The number of halogens is 1. The Morgan fingerprint density at radius 2 is 1.79 bits per heavy atom. The van der Waals surface area contributed by atoms with Gasteiger partial charge in [0.1, 0.15) is 17.2 Å². The van der Waals surface area contributed by atoms with Gasteiger partial charge in [0.15, 0.2) is 0 Å². The highest BCUT2D eigenvalue weighted by molar-refractivity contribution is 6.32. The summed E-state index contributed by atoms with van der Waals surface area (Å²) >= 11 is 6.08. The summed E-state index contributed by atoms with van der Waals surface area (Å²) in [4.78, 5) is 23.7. The van der Waals surface area contributed by atoms with E-state index in [0.717, 1.165) is 19.3 Å². The van der Waals surface area contributed by atoms with Gasteiger partial charge in [0.2, 0.25) is 5.91 Å². The number of hydrogen-bond donors (Lipinski definition) is 2. The fourth-order valence-electron chi connectivity index (χ4n) is 3.45. The van der Waals surface area contributed by atoms with Crippen molar-refractivity contribution >= 4 is 29.6 Å². The number of aliphatic carboxylic acids is 1. The number of amides is 1. The van der Waals surface area contributed by atoms with Gasteiger partial charge in [0.25, 0.3) is 0 Å². The highest BCUT2D eigenvalue weighted by atomic mass is 35.5. The number of para-hydroxylation sites is 1. The zero-order valence-corrected chi connectivity index (χ0v) is 16.8. The first-order valence-electron chi connectivity index (χ1n) is 9.78. The Morgan fingerprint density at radius 1 is 1.10 bits per heavy atom. The van der Waals surface area contributed by atoms with E-state index in [1.165, 1.54) is 18.9 Å². The number of carbonyl (C=O) groups excluding carboxylic acids is 1. The summed E-state index contributed by atoms with van der Waals surface area (Å²) in [5, 5.41) is 12.5. The molecule has 0 aliphatic heterocycles. The lowest BCUT2D eigenvalue weighted by Gasteiger charge is -2.10. The maximum absolute atomic E-state index is 12.1.